The molecule has 2 aromatic rings. The Morgan fingerprint density at radius 3 is 2.36 bits per heavy atom. The number of hydrogen-bond acceptors (Lipinski definition) is 5. The van der Waals surface area contributed by atoms with Gasteiger partial charge in [0.1, 0.15) is 11.5 Å². The third-order valence-corrected chi connectivity index (χ3v) is 8.05. The Bertz CT molecular complexity index is 1180. The molecule has 2 amide bonds. The number of benzene rings is 2. The van der Waals surface area contributed by atoms with Crippen molar-refractivity contribution in [3.05, 3.63) is 59.2 Å². The highest BCUT2D eigenvalue weighted by Crippen LogP contribution is 2.39. The zero-order valence-electron chi connectivity index (χ0n) is 23.0. The molecular weight excluding hydrogens is 506 g/mol. The maximum atomic E-state index is 14.0. The lowest BCUT2D eigenvalue weighted by Gasteiger charge is -2.41. The molecule has 0 bridgehead atoms. The summed E-state index contributed by atoms with van der Waals surface area (Å²) >= 11 is 0. The van der Waals surface area contributed by atoms with E-state index in [0.29, 0.717) is 49.1 Å². The minimum Gasteiger partial charge on any atom is -0.497 e. The van der Waals surface area contributed by atoms with Gasteiger partial charge in [-0.25, -0.2) is 8.78 Å². The second-order valence-electron chi connectivity index (χ2n) is 11.0. The van der Waals surface area contributed by atoms with Gasteiger partial charge in [-0.1, -0.05) is 12.1 Å². The fourth-order valence-electron chi connectivity index (χ4n) is 5.63. The van der Waals surface area contributed by atoms with Gasteiger partial charge < -0.3 is 24.4 Å². The molecule has 0 aromatic heterocycles. The molecular formula is C30H38F2N2O5. The summed E-state index contributed by atoms with van der Waals surface area (Å²) < 4.78 is 39.3. The summed E-state index contributed by atoms with van der Waals surface area (Å²) in [6, 6.07) is 11.2. The van der Waals surface area contributed by atoms with Gasteiger partial charge in [0.25, 0.3) is 18.2 Å². The molecule has 1 saturated heterocycles. The summed E-state index contributed by atoms with van der Waals surface area (Å²) in [5, 5.41) is 10.9. The van der Waals surface area contributed by atoms with E-state index < -0.39 is 17.9 Å². The van der Waals surface area contributed by atoms with Crippen molar-refractivity contribution in [1.29, 1.82) is 0 Å². The first-order valence-electron chi connectivity index (χ1n) is 13.5. The predicted molar refractivity (Wildman–Crippen MR) is 143 cm³/mol. The Morgan fingerprint density at radius 2 is 1.77 bits per heavy atom. The van der Waals surface area contributed by atoms with Crippen molar-refractivity contribution in [1.82, 2.24) is 9.80 Å². The Kier molecular flexibility index (Phi) is 8.79. The van der Waals surface area contributed by atoms with Crippen LogP contribution < -0.4 is 9.47 Å². The number of halogens is 2. The second-order valence-corrected chi connectivity index (χ2v) is 11.0. The average Bonchev–Trinajstić information content (AvgIpc) is 2.91. The van der Waals surface area contributed by atoms with E-state index in [4.69, 9.17) is 9.47 Å². The number of ether oxygens (including phenoxy) is 2. The summed E-state index contributed by atoms with van der Waals surface area (Å²) in [5.74, 6) is 0.987. The number of hydrogen-bond donors (Lipinski definition) is 1. The van der Waals surface area contributed by atoms with Crippen LogP contribution in [0.2, 0.25) is 0 Å². The number of rotatable bonds is 9. The van der Waals surface area contributed by atoms with E-state index in [-0.39, 0.29) is 17.6 Å². The van der Waals surface area contributed by atoms with Crippen LogP contribution in [0.25, 0.3) is 0 Å². The van der Waals surface area contributed by atoms with Crippen molar-refractivity contribution in [2.45, 2.75) is 57.2 Å². The predicted octanol–water partition coefficient (Wildman–Crippen LogP) is 4.64. The maximum Gasteiger partial charge on any atom is 0.280 e. The lowest BCUT2D eigenvalue weighted by molar-refractivity contribution is -0.173. The van der Waals surface area contributed by atoms with Crippen molar-refractivity contribution in [2.75, 3.05) is 34.3 Å². The monoisotopic (exact) mass is 544 g/mol. The lowest BCUT2D eigenvalue weighted by atomic mass is 9.74. The fraction of sp³-hybridized carbons (Fsp3) is 0.533. The molecule has 212 valence electrons. The third kappa shape index (κ3) is 6.19. The Labute approximate surface area is 228 Å². The van der Waals surface area contributed by atoms with Crippen molar-refractivity contribution in [3.8, 4) is 11.5 Å². The molecule has 1 atom stereocenters. The molecule has 39 heavy (non-hydrogen) atoms. The minimum absolute atomic E-state index is 0.0327. The summed E-state index contributed by atoms with van der Waals surface area (Å²) in [6.07, 6.45) is 1.18. The summed E-state index contributed by atoms with van der Waals surface area (Å²) in [5.41, 5.74) is -1.53. The number of carbonyl (C=O) groups excluding carboxylic acids is 2. The van der Waals surface area contributed by atoms with Gasteiger partial charge in [-0.05, 0) is 86.8 Å². The van der Waals surface area contributed by atoms with Gasteiger partial charge in [0.2, 0.25) is 5.60 Å². The zero-order chi connectivity index (χ0) is 28.3. The van der Waals surface area contributed by atoms with Crippen LogP contribution >= 0.6 is 0 Å². The number of aliphatic hydroxyl groups is 1. The van der Waals surface area contributed by atoms with Crippen LogP contribution in [-0.4, -0.2) is 73.5 Å². The molecule has 7 nitrogen and oxygen atoms in total. The minimum atomic E-state index is -3.27. The summed E-state index contributed by atoms with van der Waals surface area (Å²) in [7, 11) is 4.86. The number of likely N-dealkylation sites (tertiary alicyclic amines) is 1. The highest BCUT2D eigenvalue weighted by molar-refractivity contribution is 5.95. The third-order valence-electron chi connectivity index (χ3n) is 8.05. The van der Waals surface area contributed by atoms with E-state index in [1.54, 1.807) is 25.1 Å². The number of piperidine rings is 1. The van der Waals surface area contributed by atoms with Crippen LogP contribution in [0.4, 0.5) is 8.78 Å². The van der Waals surface area contributed by atoms with Gasteiger partial charge >= 0.3 is 0 Å². The first-order chi connectivity index (χ1) is 18.5. The van der Waals surface area contributed by atoms with Crippen LogP contribution in [0.5, 0.6) is 11.5 Å². The molecule has 1 N–H and O–H groups in total. The molecule has 4 rings (SSSR count). The van der Waals surface area contributed by atoms with E-state index in [9.17, 15) is 23.5 Å². The smallest absolute Gasteiger partial charge is 0.280 e. The van der Waals surface area contributed by atoms with E-state index in [1.165, 1.54) is 30.2 Å². The molecule has 1 saturated carbocycles. The normalized spacial score (nSPS) is 21.2. The van der Waals surface area contributed by atoms with Gasteiger partial charge in [-0.3, -0.25) is 9.59 Å². The molecule has 1 aliphatic carbocycles. The van der Waals surface area contributed by atoms with Crippen molar-refractivity contribution in [3.63, 3.8) is 0 Å². The molecule has 1 unspecified atom stereocenters. The van der Waals surface area contributed by atoms with E-state index in [1.807, 2.05) is 25.1 Å². The fourth-order valence-corrected chi connectivity index (χ4v) is 5.63. The van der Waals surface area contributed by atoms with Crippen molar-refractivity contribution < 1.29 is 33.0 Å². The first kappa shape index (κ1) is 28.8. The maximum absolute atomic E-state index is 14.0. The summed E-state index contributed by atoms with van der Waals surface area (Å²) in [6.45, 7) is 2.59. The van der Waals surface area contributed by atoms with Gasteiger partial charge in [-0.15, -0.1) is 0 Å². The molecule has 0 radical (unpaired) electrons. The van der Waals surface area contributed by atoms with Gasteiger partial charge in [-0.2, -0.15) is 0 Å². The van der Waals surface area contributed by atoms with Crippen LogP contribution in [0.15, 0.2) is 42.5 Å². The van der Waals surface area contributed by atoms with Gasteiger partial charge in [0, 0.05) is 38.3 Å². The van der Waals surface area contributed by atoms with Crippen LogP contribution in [-0.2, 0) is 10.4 Å². The van der Waals surface area contributed by atoms with Gasteiger partial charge in [0.05, 0.1) is 13.2 Å². The Balaban J connectivity index is 1.25. The molecule has 1 heterocycles. The van der Waals surface area contributed by atoms with Crippen LogP contribution in [0, 0.1) is 18.8 Å². The van der Waals surface area contributed by atoms with Gasteiger partial charge in [0.15, 0.2) is 0 Å². The number of alkyl halides is 2. The molecule has 2 aromatic carbocycles. The molecule has 2 fully saturated rings. The largest absolute Gasteiger partial charge is 0.497 e. The molecule has 0 spiro atoms. The SMILES string of the molecule is COc1cccc(C(O)(C(=O)N2CCC(C[C@H]3C[C@@H](Oc4ccc(C(=O)N(C)C)c(C)c4)C3)CC2)C(F)F)c1. The molecule has 9 heteroatoms. The van der Waals surface area contributed by atoms with Crippen molar-refractivity contribution in [2.24, 2.45) is 11.8 Å². The number of methoxy groups -OCH3 is 1. The number of aryl methyl sites for hydroxylation is 1. The Morgan fingerprint density at radius 1 is 1.08 bits per heavy atom. The standard InChI is InChI=1S/C30H38F2N2O5/c1-19-14-24(8-9-26(19)27(35)33(2)3)39-25-16-21(17-25)15-20-10-12-34(13-11-20)29(36)30(37,28(31)32)22-6-5-7-23(18-22)38-4/h5-9,14,18,20-21,25,28,37H,10-13,15-17H2,1-4H3/t21-,25+,30?. The highest BCUT2D eigenvalue weighted by Gasteiger charge is 2.50. The second kappa shape index (κ2) is 11.9. The quantitative estimate of drug-likeness (QED) is 0.498. The average molecular weight is 545 g/mol. The zero-order valence-corrected chi connectivity index (χ0v) is 23.0. The topological polar surface area (TPSA) is 79.3 Å². The highest BCUT2D eigenvalue weighted by atomic mass is 19.3. The van der Waals surface area contributed by atoms with Crippen molar-refractivity contribution >= 4 is 11.8 Å². The van der Waals surface area contributed by atoms with Crippen LogP contribution in [0.1, 0.15) is 53.6 Å². The number of carbonyl (C=O) groups is 2. The lowest BCUT2D eigenvalue weighted by Crippen LogP contribution is -2.53. The number of amides is 2. The number of nitrogens with zero attached hydrogens (tertiary/aromatic N) is 2. The first-order valence-corrected chi connectivity index (χ1v) is 13.5. The Hall–Kier alpha value is -3.20. The molecule has 1 aliphatic heterocycles. The van der Waals surface area contributed by atoms with E-state index >= 15 is 0 Å². The summed E-state index contributed by atoms with van der Waals surface area (Å²) in [4.78, 5) is 28.3. The van der Waals surface area contributed by atoms with E-state index in [2.05, 4.69) is 0 Å². The van der Waals surface area contributed by atoms with E-state index in [0.717, 1.165) is 30.6 Å². The van der Waals surface area contributed by atoms with Crippen LogP contribution in [0.3, 0.4) is 0 Å². The molecule has 2 aliphatic rings.